The molecule has 0 aliphatic carbocycles. The van der Waals surface area contributed by atoms with Crippen LogP contribution in [0.3, 0.4) is 0 Å². The highest BCUT2D eigenvalue weighted by Crippen LogP contribution is 2.27. The summed E-state index contributed by atoms with van der Waals surface area (Å²) in [5, 5.41) is 6.29. The lowest BCUT2D eigenvalue weighted by atomic mass is 10.1. The summed E-state index contributed by atoms with van der Waals surface area (Å²) in [7, 11) is 0. The van der Waals surface area contributed by atoms with Crippen LogP contribution in [0.2, 0.25) is 0 Å². The lowest BCUT2D eigenvalue weighted by Gasteiger charge is -2.23. The van der Waals surface area contributed by atoms with Crippen molar-refractivity contribution >= 4 is 30.1 Å². The molecule has 2 N–H and O–H groups in total. The van der Waals surface area contributed by atoms with Crippen molar-refractivity contribution in [3.63, 3.8) is 0 Å². The molecule has 27 heavy (non-hydrogen) atoms. The summed E-state index contributed by atoms with van der Waals surface area (Å²) < 4.78 is 19.9. The van der Waals surface area contributed by atoms with Crippen molar-refractivity contribution in [2.75, 3.05) is 18.1 Å². The van der Waals surface area contributed by atoms with Gasteiger partial charge in [0.15, 0.2) is 11.6 Å². The van der Waals surface area contributed by atoms with Crippen LogP contribution in [-0.4, -0.2) is 30.0 Å². The average molecular weight is 411 g/mol. The van der Waals surface area contributed by atoms with E-state index in [1.807, 2.05) is 36.9 Å². The maximum Gasteiger partial charge on any atom is 0.222 e. The van der Waals surface area contributed by atoms with E-state index in [1.165, 1.54) is 6.07 Å². The van der Waals surface area contributed by atoms with Crippen LogP contribution >= 0.6 is 24.2 Å². The summed E-state index contributed by atoms with van der Waals surface area (Å²) in [6.45, 7) is 2.79. The molecule has 0 radical (unpaired) electrons. The molecule has 146 valence electrons. The number of benzene rings is 2. The maximum absolute atomic E-state index is 14.4. The van der Waals surface area contributed by atoms with Crippen LogP contribution in [0.4, 0.5) is 4.39 Å². The summed E-state index contributed by atoms with van der Waals surface area (Å²) in [6, 6.07) is 13.8. The van der Waals surface area contributed by atoms with Gasteiger partial charge in [-0.2, -0.15) is 11.8 Å². The van der Waals surface area contributed by atoms with Gasteiger partial charge >= 0.3 is 0 Å². The standard InChI is InChI=1S/C20H23FN2O2S.ClH/c1-14(23-20(24)12-16-13-26-10-9-22-16)15-7-8-19(18(21)11-15)25-17-5-3-2-4-6-17;/h2-8,11,14,16,22H,9-10,12-13H2,1H3,(H,23,24);1H. The molecule has 1 aliphatic rings. The number of halogens is 2. The fourth-order valence-corrected chi connectivity index (χ4v) is 3.79. The number of nitrogens with one attached hydrogen (secondary N) is 2. The number of ether oxygens (including phenoxy) is 1. The minimum atomic E-state index is -0.446. The summed E-state index contributed by atoms with van der Waals surface area (Å²) >= 11 is 1.86. The van der Waals surface area contributed by atoms with Gasteiger partial charge < -0.3 is 15.4 Å². The normalized spacial score (nSPS) is 17.5. The fraction of sp³-hybridized carbons (Fsp3) is 0.350. The lowest BCUT2D eigenvalue weighted by Crippen LogP contribution is -2.41. The van der Waals surface area contributed by atoms with Crippen molar-refractivity contribution in [2.24, 2.45) is 0 Å². The Labute approximate surface area is 169 Å². The Hall–Kier alpha value is -1.76. The second kappa shape index (κ2) is 10.5. The Kier molecular flexibility index (Phi) is 8.41. The van der Waals surface area contributed by atoms with Gasteiger partial charge in [-0.25, -0.2) is 4.39 Å². The third-order valence-corrected chi connectivity index (χ3v) is 5.37. The number of thioether (sulfide) groups is 1. The highest BCUT2D eigenvalue weighted by molar-refractivity contribution is 7.99. The number of hydrogen-bond acceptors (Lipinski definition) is 4. The predicted octanol–water partition coefficient (Wildman–Crippen LogP) is 4.31. The minimum absolute atomic E-state index is 0. The van der Waals surface area contributed by atoms with Crippen LogP contribution in [0.1, 0.15) is 24.9 Å². The maximum atomic E-state index is 14.4. The number of para-hydroxylation sites is 1. The molecule has 1 heterocycles. The van der Waals surface area contributed by atoms with E-state index in [0.717, 1.165) is 18.1 Å². The van der Waals surface area contributed by atoms with Crippen LogP contribution in [-0.2, 0) is 4.79 Å². The molecule has 0 spiro atoms. The van der Waals surface area contributed by atoms with Crippen LogP contribution in [0.15, 0.2) is 48.5 Å². The van der Waals surface area contributed by atoms with Crippen molar-refractivity contribution < 1.29 is 13.9 Å². The van der Waals surface area contributed by atoms with Gasteiger partial charge in [-0.15, -0.1) is 12.4 Å². The predicted molar refractivity (Wildman–Crippen MR) is 110 cm³/mol. The first-order valence-electron chi connectivity index (χ1n) is 8.74. The molecule has 2 aromatic rings. The minimum Gasteiger partial charge on any atom is -0.454 e. The van der Waals surface area contributed by atoms with E-state index in [1.54, 1.807) is 24.3 Å². The third kappa shape index (κ3) is 6.41. The van der Waals surface area contributed by atoms with Crippen molar-refractivity contribution in [1.82, 2.24) is 10.6 Å². The first kappa shape index (κ1) is 21.5. The van der Waals surface area contributed by atoms with Crippen molar-refractivity contribution in [3.8, 4) is 11.5 Å². The van der Waals surface area contributed by atoms with Crippen molar-refractivity contribution in [3.05, 3.63) is 59.9 Å². The van der Waals surface area contributed by atoms with Gasteiger partial charge in [0.2, 0.25) is 5.91 Å². The molecule has 0 bridgehead atoms. The molecule has 7 heteroatoms. The van der Waals surface area contributed by atoms with Crippen molar-refractivity contribution in [2.45, 2.75) is 25.4 Å². The zero-order valence-electron chi connectivity index (χ0n) is 15.1. The molecule has 1 fully saturated rings. The molecule has 2 unspecified atom stereocenters. The summed E-state index contributed by atoms with van der Waals surface area (Å²) in [6.07, 6.45) is 0.440. The average Bonchev–Trinajstić information content (AvgIpc) is 2.65. The Balaban J connectivity index is 0.00000261. The fourth-order valence-electron chi connectivity index (χ4n) is 2.84. The Morgan fingerprint density at radius 1 is 1.33 bits per heavy atom. The molecule has 0 aromatic heterocycles. The number of hydrogen-bond donors (Lipinski definition) is 2. The topological polar surface area (TPSA) is 50.4 Å². The Morgan fingerprint density at radius 2 is 2.11 bits per heavy atom. The SMILES string of the molecule is CC(NC(=O)CC1CSCCN1)c1ccc(Oc2ccccc2)c(F)c1.Cl. The highest BCUT2D eigenvalue weighted by atomic mass is 35.5. The third-order valence-electron chi connectivity index (χ3n) is 4.23. The smallest absolute Gasteiger partial charge is 0.222 e. The molecule has 2 atom stereocenters. The quantitative estimate of drug-likeness (QED) is 0.745. The van der Waals surface area contributed by atoms with Gasteiger partial charge in [0, 0.05) is 30.5 Å². The molecule has 3 rings (SSSR count). The lowest BCUT2D eigenvalue weighted by molar-refractivity contribution is -0.122. The molecule has 1 amide bonds. The highest BCUT2D eigenvalue weighted by Gasteiger charge is 2.19. The van der Waals surface area contributed by atoms with Gasteiger partial charge in [0.05, 0.1) is 6.04 Å². The van der Waals surface area contributed by atoms with Crippen LogP contribution < -0.4 is 15.4 Å². The van der Waals surface area contributed by atoms with E-state index in [2.05, 4.69) is 10.6 Å². The van der Waals surface area contributed by atoms with E-state index < -0.39 is 5.82 Å². The number of rotatable bonds is 6. The van der Waals surface area contributed by atoms with Crippen LogP contribution in [0.25, 0.3) is 0 Å². The Morgan fingerprint density at radius 3 is 2.78 bits per heavy atom. The van der Waals surface area contributed by atoms with Gasteiger partial charge in [-0.3, -0.25) is 4.79 Å². The van der Waals surface area contributed by atoms with Crippen molar-refractivity contribution in [1.29, 1.82) is 0 Å². The van der Waals surface area contributed by atoms with E-state index in [0.29, 0.717) is 17.7 Å². The number of carbonyl (C=O) groups excluding carboxylic acids is 1. The van der Waals surface area contributed by atoms with E-state index in [-0.39, 0.29) is 36.1 Å². The summed E-state index contributed by atoms with van der Waals surface area (Å²) in [5.74, 6) is 2.31. The first-order valence-corrected chi connectivity index (χ1v) is 9.90. The summed E-state index contributed by atoms with van der Waals surface area (Å²) in [5.41, 5.74) is 0.710. The van der Waals surface area contributed by atoms with Gasteiger partial charge in [0.1, 0.15) is 5.75 Å². The summed E-state index contributed by atoms with van der Waals surface area (Å²) in [4.78, 5) is 12.2. The van der Waals surface area contributed by atoms with E-state index in [4.69, 9.17) is 4.74 Å². The number of amides is 1. The molecule has 1 saturated heterocycles. The second-order valence-corrected chi connectivity index (χ2v) is 7.47. The molecular formula is C20H24ClFN2O2S. The van der Waals surface area contributed by atoms with Gasteiger partial charge in [0.25, 0.3) is 0 Å². The molecule has 0 saturated carbocycles. The second-order valence-electron chi connectivity index (χ2n) is 6.32. The first-order chi connectivity index (χ1) is 12.6. The molecule has 2 aromatic carbocycles. The molecular weight excluding hydrogens is 387 g/mol. The number of carbonyl (C=O) groups is 1. The monoisotopic (exact) mass is 410 g/mol. The van der Waals surface area contributed by atoms with Gasteiger partial charge in [-0.05, 0) is 36.8 Å². The van der Waals surface area contributed by atoms with Gasteiger partial charge in [-0.1, -0.05) is 24.3 Å². The largest absolute Gasteiger partial charge is 0.454 e. The molecule has 4 nitrogen and oxygen atoms in total. The zero-order valence-corrected chi connectivity index (χ0v) is 16.7. The van der Waals surface area contributed by atoms with E-state index in [9.17, 15) is 9.18 Å². The van der Waals surface area contributed by atoms with E-state index >= 15 is 0 Å². The zero-order chi connectivity index (χ0) is 18.4. The van der Waals surface area contributed by atoms with Crippen LogP contribution in [0, 0.1) is 5.82 Å². The molecule has 1 aliphatic heterocycles. The van der Waals surface area contributed by atoms with Crippen LogP contribution in [0.5, 0.6) is 11.5 Å². The Bertz CT molecular complexity index is 742.